The Bertz CT molecular complexity index is 502. The van der Waals surface area contributed by atoms with Gasteiger partial charge in [0, 0.05) is 6.54 Å². The molecule has 102 valence electrons. The van der Waals surface area contributed by atoms with Crippen molar-refractivity contribution in [3.05, 3.63) is 30.3 Å². The van der Waals surface area contributed by atoms with Crippen molar-refractivity contribution in [2.45, 2.75) is 6.92 Å². The van der Waals surface area contributed by atoms with Crippen molar-refractivity contribution in [3.63, 3.8) is 0 Å². The number of para-hydroxylation sites is 1. The van der Waals surface area contributed by atoms with E-state index in [4.69, 9.17) is 15.2 Å². The van der Waals surface area contributed by atoms with E-state index in [0.29, 0.717) is 31.3 Å². The van der Waals surface area contributed by atoms with Crippen LogP contribution in [0.1, 0.15) is 6.92 Å². The van der Waals surface area contributed by atoms with Gasteiger partial charge in [0.1, 0.15) is 12.4 Å². The van der Waals surface area contributed by atoms with E-state index in [0.717, 1.165) is 10.8 Å². The number of benzene rings is 1. The summed E-state index contributed by atoms with van der Waals surface area (Å²) < 4.78 is 15.1. The van der Waals surface area contributed by atoms with E-state index in [9.17, 15) is 0 Å². The lowest BCUT2D eigenvalue weighted by Gasteiger charge is -2.08. The Kier molecular flexibility index (Phi) is 4.85. The van der Waals surface area contributed by atoms with Crippen molar-refractivity contribution in [2.75, 3.05) is 30.8 Å². The van der Waals surface area contributed by atoms with Crippen LogP contribution in [0, 0.1) is 0 Å². The average molecular weight is 279 g/mol. The zero-order chi connectivity index (χ0) is 13.5. The van der Waals surface area contributed by atoms with E-state index >= 15 is 0 Å². The van der Waals surface area contributed by atoms with Crippen molar-refractivity contribution < 1.29 is 9.47 Å². The van der Waals surface area contributed by atoms with Crippen LogP contribution in [-0.4, -0.2) is 24.1 Å². The van der Waals surface area contributed by atoms with Gasteiger partial charge in [-0.05, 0) is 30.6 Å². The zero-order valence-electron chi connectivity index (χ0n) is 10.8. The number of nitrogens with two attached hydrogens (primary N) is 1. The Morgan fingerprint density at radius 3 is 2.79 bits per heavy atom. The molecule has 0 radical (unpaired) electrons. The minimum Gasteiger partial charge on any atom is -0.492 e. The lowest BCUT2D eigenvalue weighted by molar-refractivity contribution is 0.331. The minimum absolute atomic E-state index is 0.429. The van der Waals surface area contributed by atoms with Gasteiger partial charge in [-0.1, -0.05) is 18.2 Å². The molecule has 0 saturated heterocycles. The first-order valence-corrected chi connectivity index (χ1v) is 6.88. The molecule has 0 aliphatic rings. The second kappa shape index (κ2) is 6.84. The third kappa shape index (κ3) is 3.75. The average Bonchev–Trinajstić information content (AvgIpc) is 2.78. The summed E-state index contributed by atoms with van der Waals surface area (Å²) in [5, 5.41) is 4.06. The molecule has 0 saturated carbocycles. The molecule has 6 heteroatoms. The number of ether oxygens (including phenoxy) is 2. The summed E-state index contributed by atoms with van der Waals surface area (Å²) >= 11 is 1.30. The van der Waals surface area contributed by atoms with Crippen LogP contribution >= 0.6 is 11.5 Å². The van der Waals surface area contributed by atoms with Gasteiger partial charge in [0.2, 0.25) is 0 Å². The molecule has 0 aliphatic heterocycles. The highest BCUT2D eigenvalue weighted by atomic mass is 32.1. The summed E-state index contributed by atoms with van der Waals surface area (Å²) in [4.78, 5) is 0. The van der Waals surface area contributed by atoms with Gasteiger partial charge < -0.3 is 20.5 Å². The van der Waals surface area contributed by atoms with Crippen LogP contribution in [0.3, 0.4) is 0 Å². The number of rotatable bonds is 7. The highest BCUT2D eigenvalue weighted by molar-refractivity contribution is 7.11. The molecule has 0 unspecified atom stereocenters. The zero-order valence-corrected chi connectivity index (χ0v) is 11.6. The van der Waals surface area contributed by atoms with Gasteiger partial charge in [-0.3, -0.25) is 0 Å². The Morgan fingerprint density at radius 1 is 1.26 bits per heavy atom. The van der Waals surface area contributed by atoms with Gasteiger partial charge in [-0.2, -0.15) is 4.37 Å². The maximum atomic E-state index is 5.73. The molecular formula is C13H17N3O2S. The molecule has 1 aromatic heterocycles. The van der Waals surface area contributed by atoms with Crippen molar-refractivity contribution >= 4 is 22.4 Å². The Morgan fingerprint density at radius 2 is 2.05 bits per heavy atom. The monoisotopic (exact) mass is 279 g/mol. The molecule has 2 aromatic rings. The molecular weight excluding hydrogens is 262 g/mol. The molecule has 0 aliphatic carbocycles. The first-order valence-electron chi connectivity index (χ1n) is 6.11. The summed E-state index contributed by atoms with van der Waals surface area (Å²) in [5.74, 6) is 1.92. The maximum Gasteiger partial charge on any atom is 0.197 e. The lowest BCUT2D eigenvalue weighted by atomic mass is 10.3. The van der Waals surface area contributed by atoms with Crippen LogP contribution < -0.4 is 20.5 Å². The quantitative estimate of drug-likeness (QED) is 0.762. The molecule has 0 spiro atoms. The van der Waals surface area contributed by atoms with Gasteiger partial charge in [-0.15, -0.1) is 0 Å². The van der Waals surface area contributed by atoms with Crippen LogP contribution in [-0.2, 0) is 0 Å². The van der Waals surface area contributed by atoms with Crippen LogP contribution in [0.2, 0.25) is 0 Å². The fraction of sp³-hybridized carbons (Fsp3) is 0.308. The molecule has 3 N–H and O–H groups in total. The SMILES string of the molecule is CCOc1c(N)nsc1NCCOc1ccccc1. The Labute approximate surface area is 116 Å². The number of nitrogens with one attached hydrogen (secondary N) is 1. The van der Waals surface area contributed by atoms with Crippen molar-refractivity contribution in [2.24, 2.45) is 0 Å². The van der Waals surface area contributed by atoms with Crippen LogP contribution in [0.4, 0.5) is 10.8 Å². The van der Waals surface area contributed by atoms with Gasteiger partial charge in [0.15, 0.2) is 16.6 Å². The number of anilines is 2. The summed E-state index contributed by atoms with van der Waals surface area (Å²) in [6.45, 7) is 3.71. The molecule has 0 fully saturated rings. The Balaban J connectivity index is 1.80. The highest BCUT2D eigenvalue weighted by Gasteiger charge is 2.11. The third-order valence-electron chi connectivity index (χ3n) is 2.36. The second-order valence-corrected chi connectivity index (χ2v) is 4.52. The summed E-state index contributed by atoms with van der Waals surface area (Å²) in [5.41, 5.74) is 5.73. The summed E-state index contributed by atoms with van der Waals surface area (Å²) in [7, 11) is 0. The molecule has 1 aromatic carbocycles. The number of hydrogen-bond acceptors (Lipinski definition) is 6. The minimum atomic E-state index is 0.429. The third-order valence-corrected chi connectivity index (χ3v) is 3.16. The van der Waals surface area contributed by atoms with E-state index in [1.165, 1.54) is 11.5 Å². The normalized spacial score (nSPS) is 10.2. The fourth-order valence-electron chi connectivity index (χ4n) is 1.54. The van der Waals surface area contributed by atoms with Crippen LogP contribution in [0.15, 0.2) is 30.3 Å². The molecule has 1 heterocycles. The van der Waals surface area contributed by atoms with E-state index in [2.05, 4.69) is 9.69 Å². The maximum absolute atomic E-state index is 5.73. The smallest absolute Gasteiger partial charge is 0.197 e. The highest BCUT2D eigenvalue weighted by Crippen LogP contribution is 2.34. The first kappa shape index (κ1) is 13.5. The van der Waals surface area contributed by atoms with E-state index < -0.39 is 0 Å². The van der Waals surface area contributed by atoms with Crippen molar-refractivity contribution in [3.8, 4) is 11.5 Å². The molecule has 5 nitrogen and oxygen atoms in total. The van der Waals surface area contributed by atoms with Gasteiger partial charge in [0.25, 0.3) is 0 Å². The second-order valence-electron chi connectivity index (χ2n) is 3.75. The molecule has 0 atom stereocenters. The number of hydrogen-bond donors (Lipinski definition) is 2. The largest absolute Gasteiger partial charge is 0.492 e. The van der Waals surface area contributed by atoms with E-state index in [1.807, 2.05) is 37.3 Å². The number of nitrogen functional groups attached to an aromatic ring is 1. The van der Waals surface area contributed by atoms with E-state index in [-0.39, 0.29) is 0 Å². The van der Waals surface area contributed by atoms with Crippen molar-refractivity contribution in [1.29, 1.82) is 0 Å². The lowest BCUT2D eigenvalue weighted by Crippen LogP contribution is -2.11. The summed E-state index contributed by atoms with van der Waals surface area (Å²) in [6, 6.07) is 9.70. The molecule has 19 heavy (non-hydrogen) atoms. The number of nitrogens with zero attached hydrogens (tertiary/aromatic N) is 1. The molecule has 0 bridgehead atoms. The van der Waals surface area contributed by atoms with Crippen LogP contribution in [0.25, 0.3) is 0 Å². The van der Waals surface area contributed by atoms with Crippen molar-refractivity contribution in [1.82, 2.24) is 4.37 Å². The predicted octanol–water partition coefficient (Wildman–Crippen LogP) is 2.61. The van der Waals surface area contributed by atoms with Gasteiger partial charge in [0.05, 0.1) is 6.61 Å². The van der Waals surface area contributed by atoms with E-state index in [1.54, 1.807) is 0 Å². The van der Waals surface area contributed by atoms with Crippen LogP contribution in [0.5, 0.6) is 11.5 Å². The topological polar surface area (TPSA) is 69.4 Å². The molecule has 2 rings (SSSR count). The van der Waals surface area contributed by atoms with Gasteiger partial charge in [-0.25, -0.2) is 0 Å². The summed E-state index contributed by atoms with van der Waals surface area (Å²) in [6.07, 6.45) is 0. The fourth-order valence-corrected chi connectivity index (χ4v) is 2.23. The van der Waals surface area contributed by atoms with Gasteiger partial charge >= 0.3 is 0 Å². The molecule has 0 amide bonds. The Hall–Kier alpha value is -1.95. The number of aromatic nitrogens is 1. The standard InChI is InChI=1S/C13H17N3O2S/c1-2-17-11-12(14)16-19-13(11)15-8-9-18-10-6-4-3-5-7-10/h3-7,15H,2,8-9H2,1H3,(H2,14,16). The first-order chi connectivity index (χ1) is 9.31. The predicted molar refractivity (Wildman–Crippen MR) is 78.1 cm³/mol.